The summed E-state index contributed by atoms with van der Waals surface area (Å²) in [6, 6.07) is 10.6. The van der Waals surface area contributed by atoms with Crippen molar-refractivity contribution in [3.63, 3.8) is 0 Å². The highest BCUT2D eigenvalue weighted by Gasteiger charge is 2.20. The minimum atomic E-state index is -0.318. The standard InChI is InChI=1S/C25H36N4O2S/c1-18-11-8-9-15-29(18)16-10-14-26-23(30)20(3)32-25-27-19(2)22(24(31)28(25)4)17-21-12-6-5-7-13-21/h5-7,12-13,18,20H,8-11,14-17H2,1-4H3,(H,26,30). The van der Waals surface area contributed by atoms with Crippen molar-refractivity contribution in [3.8, 4) is 0 Å². The maximum absolute atomic E-state index is 13.0. The van der Waals surface area contributed by atoms with E-state index in [9.17, 15) is 9.59 Å². The molecule has 2 unspecified atom stereocenters. The second kappa shape index (κ2) is 11.7. The summed E-state index contributed by atoms with van der Waals surface area (Å²) in [5.41, 5.74) is 2.46. The lowest BCUT2D eigenvalue weighted by Gasteiger charge is -2.33. The average molecular weight is 457 g/mol. The zero-order valence-corrected chi connectivity index (χ0v) is 20.6. The Morgan fingerprint density at radius 3 is 2.75 bits per heavy atom. The quantitative estimate of drug-likeness (QED) is 0.355. The fourth-order valence-electron chi connectivity index (χ4n) is 4.18. The summed E-state index contributed by atoms with van der Waals surface area (Å²) in [6.07, 6.45) is 5.39. The van der Waals surface area contributed by atoms with Gasteiger partial charge in [-0.1, -0.05) is 48.5 Å². The normalized spacial score (nSPS) is 17.8. The first-order valence-electron chi connectivity index (χ1n) is 11.7. The van der Waals surface area contributed by atoms with Gasteiger partial charge in [0.15, 0.2) is 5.16 Å². The third-order valence-electron chi connectivity index (χ3n) is 6.29. The number of nitrogens with zero attached hydrogens (tertiary/aromatic N) is 3. The molecule has 32 heavy (non-hydrogen) atoms. The minimum absolute atomic E-state index is 0.0121. The topological polar surface area (TPSA) is 67.2 Å². The number of hydrogen-bond donors (Lipinski definition) is 1. The number of rotatable bonds is 9. The van der Waals surface area contributed by atoms with Gasteiger partial charge in [-0.05, 0) is 52.1 Å². The lowest BCUT2D eigenvalue weighted by Crippen LogP contribution is -2.40. The molecule has 1 aromatic heterocycles. The number of carbonyl (C=O) groups excluding carboxylic acids is 1. The van der Waals surface area contributed by atoms with Crippen LogP contribution in [0.15, 0.2) is 40.3 Å². The van der Waals surface area contributed by atoms with Gasteiger partial charge in [0.25, 0.3) is 5.56 Å². The number of amides is 1. The van der Waals surface area contributed by atoms with Crippen molar-refractivity contribution < 1.29 is 4.79 Å². The van der Waals surface area contributed by atoms with Crippen LogP contribution in [0, 0.1) is 6.92 Å². The van der Waals surface area contributed by atoms with E-state index in [-0.39, 0.29) is 16.7 Å². The highest BCUT2D eigenvalue weighted by Crippen LogP contribution is 2.22. The number of likely N-dealkylation sites (tertiary alicyclic amines) is 1. The van der Waals surface area contributed by atoms with Crippen molar-refractivity contribution in [2.24, 2.45) is 7.05 Å². The van der Waals surface area contributed by atoms with Crippen LogP contribution in [0.1, 0.15) is 56.4 Å². The molecule has 6 nitrogen and oxygen atoms in total. The molecule has 0 saturated carbocycles. The van der Waals surface area contributed by atoms with Crippen molar-refractivity contribution >= 4 is 17.7 Å². The number of hydrogen-bond acceptors (Lipinski definition) is 5. The third kappa shape index (κ3) is 6.45. The van der Waals surface area contributed by atoms with E-state index in [2.05, 4.69) is 22.1 Å². The van der Waals surface area contributed by atoms with Crippen LogP contribution in [0.25, 0.3) is 0 Å². The summed E-state index contributed by atoms with van der Waals surface area (Å²) in [6.45, 7) is 8.90. The van der Waals surface area contributed by atoms with Crippen molar-refractivity contribution in [3.05, 3.63) is 57.5 Å². The summed E-state index contributed by atoms with van der Waals surface area (Å²) in [7, 11) is 1.73. The Hall–Kier alpha value is -2.12. The highest BCUT2D eigenvalue weighted by atomic mass is 32.2. The highest BCUT2D eigenvalue weighted by molar-refractivity contribution is 8.00. The average Bonchev–Trinajstić information content (AvgIpc) is 2.79. The molecule has 7 heteroatoms. The number of thioether (sulfide) groups is 1. The van der Waals surface area contributed by atoms with Crippen LogP contribution in [0.5, 0.6) is 0 Å². The van der Waals surface area contributed by atoms with Gasteiger partial charge in [-0.25, -0.2) is 4.98 Å². The summed E-state index contributed by atoms with van der Waals surface area (Å²) in [4.78, 5) is 32.7. The van der Waals surface area contributed by atoms with Crippen LogP contribution < -0.4 is 10.9 Å². The van der Waals surface area contributed by atoms with Gasteiger partial charge in [0.05, 0.1) is 5.25 Å². The van der Waals surface area contributed by atoms with Crippen LogP contribution in [0.3, 0.4) is 0 Å². The van der Waals surface area contributed by atoms with Crippen molar-refractivity contribution in [2.75, 3.05) is 19.6 Å². The first-order valence-corrected chi connectivity index (χ1v) is 12.5. The lowest BCUT2D eigenvalue weighted by atomic mass is 10.0. The maximum Gasteiger partial charge on any atom is 0.257 e. The monoisotopic (exact) mass is 456 g/mol. The maximum atomic E-state index is 13.0. The van der Waals surface area contributed by atoms with Crippen LogP contribution in [-0.2, 0) is 18.3 Å². The van der Waals surface area contributed by atoms with E-state index >= 15 is 0 Å². The Bertz CT molecular complexity index is 960. The van der Waals surface area contributed by atoms with Gasteiger partial charge < -0.3 is 10.2 Å². The number of carbonyl (C=O) groups is 1. The first kappa shape index (κ1) is 24.5. The van der Waals surface area contributed by atoms with E-state index in [4.69, 9.17) is 0 Å². The Morgan fingerprint density at radius 2 is 2.03 bits per heavy atom. The molecule has 2 atom stereocenters. The van der Waals surface area contributed by atoms with Gasteiger partial charge in [-0.2, -0.15) is 0 Å². The first-order chi connectivity index (χ1) is 15.4. The van der Waals surface area contributed by atoms with Crippen molar-refractivity contribution in [1.82, 2.24) is 19.8 Å². The molecule has 1 aliphatic heterocycles. The molecule has 0 radical (unpaired) electrons. The van der Waals surface area contributed by atoms with Crippen LogP contribution >= 0.6 is 11.8 Å². The molecule has 1 N–H and O–H groups in total. The summed E-state index contributed by atoms with van der Waals surface area (Å²) in [5.74, 6) is -0.0121. The fraction of sp³-hybridized carbons (Fsp3) is 0.560. The summed E-state index contributed by atoms with van der Waals surface area (Å²) >= 11 is 1.34. The van der Waals surface area contributed by atoms with E-state index in [0.29, 0.717) is 29.7 Å². The van der Waals surface area contributed by atoms with Gasteiger partial charge in [-0.3, -0.25) is 14.2 Å². The van der Waals surface area contributed by atoms with Crippen LogP contribution in [0.2, 0.25) is 0 Å². The van der Waals surface area contributed by atoms with Gasteiger partial charge >= 0.3 is 0 Å². The summed E-state index contributed by atoms with van der Waals surface area (Å²) < 4.78 is 1.57. The van der Waals surface area contributed by atoms with Gasteiger partial charge in [-0.15, -0.1) is 0 Å². The minimum Gasteiger partial charge on any atom is -0.355 e. The summed E-state index contributed by atoms with van der Waals surface area (Å²) in [5, 5.41) is 3.31. The Kier molecular flexibility index (Phi) is 8.93. The second-order valence-corrected chi connectivity index (χ2v) is 10.1. The molecule has 1 aromatic carbocycles. The Balaban J connectivity index is 1.54. The molecule has 2 aromatic rings. The molecule has 1 amide bonds. The molecule has 2 heterocycles. The zero-order chi connectivity index (χ0) is 23.1. The molecule has 1 aliphatic rings. The molecule has 0 spiro atoms. The molecule has 174 valence electrons. The lowest BCUT2D eigenvalue weighted by molar-refractivity contribution is -0.120. The number of nitrogens with one attached hydrogen (secondary N) is 1. The molecule has 1 saturated heterocycles. The smallest absolute Gasteiger partial charge is 0.257 e. The largest absolute Gasteiger partial charge is 0.355 e. The molecule has 1 fully saturated rings. The van der Waals surface area contributed by atoms with Crippen LogP contribution in [0.4, 0.5) is 0 Å². The number of aryl methyl sites for hydroxylation is 1. The fourth-order valence-corrected chi connectivity index (χ4v) is 5.12. The van der Waals surface area contributed by atoms with E-state index in [0.717, 1.165) is 24.2 Å². The number of piperidine rings is 1. The number of benzene rings is 1. The molecular formula is C25H36N4O2S. The van der Waals surface area contributed by atoms with Gasteiger partial charge in [0, 0.05) is 43.9 Å². The van der Waals surface area contributed by atoms with E-state index < -0.39 is 0 Å². The second-order valence-electron chi connectivity index (χ2n) is 8.77. The number of aromatic nitrogens is 2. The van der Waals surface area contributed by atoms with Gasteiger partial charge in [0.2, 0.25) is 5.91 Å². The van der Waals surface area contributed by atoms with E-state index in [1.54, 1.807) is 11.6 Å². The molecular weight excluding hydrogens is 420 g/mol. The van der Waals surface area contributed by atoms with Gasteiger partial charge in [0.1, 0.15) is 0 Å². The zero-order valence-electron chi connectivity index (χ0n) is 19.8. The van der Waals surface area contributed by atoms with E-state index in [1.807, 2.05) is 44.2 Å². The molecule has 0 bridgehead atoms. The predicted molar refractivity (Wildman–Crippen MR) is 131 cm³/mol. The third-order valence-corrected chi connectivity index (χ3v) is 7.43. The Morgan fingerprint density at radius 1 is 1.28 bits per heavy atom. The van der Waals surface area contributed by atoms with Crippen molar-refractivity contribution in [2.45, 2.75) is 69.3 Å². The SMILES string of the molecule is Cc1nc(SC(C)C(=O)NCCCN2CCCCC2C)n(C)c(=O)c1Cc1ccccc1. The molecule has 0 aliphatic carbocycles. The van der Waals surface area contributed by atoms with E-state index in [1.165, 1.54) is 37.6 Å². The van der Waals surface area contributed by atoms with Crippen LogP contribution in [-0.4, -0.2) is 51.3 Å². The van der Waals surface area contributed by atoms with Crippen molar-refractivity contribution in [1.29, 1.82) is 0 Å². The molecule has 3 rings (SSSR count). The predicted octanol–water partition coefficient (Wildman–Crippen LogP) is 3.54. The Labute approximate surface area is 195 Å².